The molecule has 104 valence electrons. The highest BCUT2D eigenvalue weighted by atomic mass is 16.5. The summed E-state index contributed by atoms with van der Waals surface area (Å²) >= 11 is 0. The van der Waals surface area contributed by atoms with Crippen molar-refractivity contribution in [2.75, 3.05) is 39.8 Å². The molecule has 0 aliphatic carbocycles. The third-order valence-corrected chi connectivity index (χ3v) is 4.05. The average Bonchev–Trinajstić information content (AvgIpc) is 2.35. The van der Waals surface area contributed by atoms with Crippen molar-refractivity contribution in [3.63, 3.8) is 0 Å². The van der Waals surface area contributed by atoms with Crippen LogP contribution in [0, 0.1) is 0 Å². The van der Waals surface area contributed by atoms with Crippen LogP contribution in [-0.2, 0) is 9.53 Å². The lowest BCUT2D eigenvalue weighted by atomic mass is 10.1. The standard InChI is InChI=1S/C14H26N2O2/c1-3-12(17)4-7-16-8-5-13(6-9-16)18-14-10-15(2)11-14/h13-14H,3-11H2,1-2H3. The second-order valence-corrected chi connectivity index (χ2v) is 5.66. The highest BCUT2D eigenvalue weighted by Crippen LogP contribution is 2.19. The van der Waals surface area contributed by atoms with Crippen molar-refractivity contribution >= 4 is 5.78 Å². The molecule has 0 aromatic heterocycles. The molecule has 0 radical (unpaired) electrons. The maximum atomic E-state index is 11.3. The lowest BCUT2D eigenvalue weighted by Gasteiger charge is -2.40. The summed E-state index contributed by atoms with van der Waals surface area (Å²) in [7, 11) is 2.13. The van der Waals surface area contributed by atoms with Crippen molar-refractivity contribution in [1.29, 1.82) is 0 Å². The van der Waals surface area contributed by atoms with Crippen LogP contribution in [0.5, 0.6) is 0 Å². The number of likely N-dealkylation sites (N-methyl/N-ethyl adjacent to an activating group) is 1. The minimum absolute atomic E-state index is 0.380. The van der Waals surface area contributed by atoms with Gasteiger partial charge >= 0.3 is 0 Å². The molecule has 2 aliphatic rings. The molecule has 0 aromatic carbocycles. The van der Waals surface area contributed by atoms with E-state index >= 15 is 0 Å². The fraction of sp³-hybridized carbons (Fsp3) is 0.929. The van der Waals surface area contributed by atoms with Crippen molar-refractivity contribution in [3.8, 4) is 0 Å². The molecule has 0 spiro atoms. The molecular formula is C14H26N2O2. The molecule has 0 saturated carbocycles. The number of hydrogen-bond donors (Lipinski definition) is 0. The number of piperidine rings is 1. The van der Waals surface area contributed by atoms with Crippen LogP contribution in [-0.4, -0.2) is 67.6 Å². The number of hydrogen-bond acceptors (Lipinski definition) is 4. The third-order valence-electron chi connectivity index (χ3n) is 4.05. The predicted octanol–water partition coefficient (Wildman–Crippen LogP) is 1.15. The Bertz CT molecular complexity index is 269. The number of ether oxygens (including phenoxy) is 1. The first-order valence-corrected chi connectivity index (χ1v) is 7.25. The maximum Gasteiger partial charge on any atom is 0.133 e. The van der Waals surface area contributed by atoms with Crippen LogP contribution < -0.4 is 0 Å². The smallest absolute Gasteiger partial charge is 0.133 e. The highest BCUT2D eigenvalue weighted by molar-refractivity contribution is 5.78. The lowest BCUT2D eigenvalue weighted by Crippen LogP contribution is -2.52. The van der Waals surface area contributed by atoms with Gasteiger partial charge in [0.1, 0.15) is 5.78 Å². The molecule has 0 bridgehead atoms. The molecule has 0 unspecified atom stereocenters. The third kappa shape index (κ3) is 4.04. The van der Waals surface area contributed by atoms with Crippen LogP contribution in [0.1, 0.15) is 32.6 Å². The van der Waals surface area contributed by atoms with Crippen LogP contribution in [0.25, 0.3) is 0 Å². The van der Waals surface area contributed by atoms with E-state index in [1.807, 2.05) is 6.92 Å². The number of carbonyl (C=O) groups is 1. The van der Waals surface area contributed by atoms with Gasteiger partial charge in [0, 0.05) is 45.6 Å². The molecule has 2 heterocycles. The Morgan fingerprint density at radius 2 is 1.89 bits per heavy atom. The molecule has 2 aliphatic heterocycles. The van der Waals surface area contributed by atoms with E-state index < -0.39 is 0 Å². The van der Waals surface area contributed by atoms with E-state index in [9.17, 15) is 4.79 Å². The molecule has 2 rings (SSSR count). The molecule has 4 heteroatoms. The van der Waals surface area contributed by atoms with Crippen LogP contribution in [0.3, 0.4) is 0 Å². The van der Waals surface area contributed by atoms with Gasteiger partial charge in [0.25, 0.3) is 0 Å². The van der Waals surface area contributed by atoms with Gasteiger partial charge < -0.3 is 14.5 Å². The number of rotatable bonds is 6. The zero-order chi connectivity index (χ0) is 13.0. The van der Waals surface area contributed by atoms with Gasteiger partial charge in [0.2, 0.25) is 0 Å². The Morgan fingerprint density at radius 3 is 2.44 bits per heavy atom. The zero-order valence-electron chi connectivity index (χ0n) is 11.7. The normalized spacial score (nSPS) is 24.1. The van der Waals surface area contributed by atoms with Crippen LogP contribution in [0.4, 0.5) is 0 Å². The molecule has 18 heavy (non-hydrogen) atoms. The Labute approximate surface area is 110 Å². The SMILES string of the molecule is CCC(=O)CCN1CCC(OC2CN(C)C2)CC1. The molecule has 0 N–H and O–H groups in total. The number of nitrogens with zero attached hydrogens (tertiary/aromatic N) is 2. The number of ketones is 1. The highest BCUT2D eigenvalue weighted by Gasteiger charge is 2.28. The minimum Gasteiger partial charge on any atom is -0.372 e. The fourth-order valence-corrected chi connectivity index (χ4v) is 2.73. The van der Waals surface area contributed by atoms with E-state index in [0.717, 1.165) is 52.0 Å². The second kappa shape index (κ2) is 6.64. The van der Waals surface area contributed by atoms with Gasteiger partial charge in [0.05, 0.1) is 12.2 Å². The van der Waals surface area contributed by atoms with Gasteiger partial charge in [-0.25, -0.2) is 0 Å². The molecule has 0 amide bonds. The number of likely N-dealkylation sites (tertiary alicyclic amines) is 2. The molecule has 4 nitrogen and oxygen atoms in total. The summed E-state index contributed by atoms with van der Waals surface area (Å²) in [5.41, 5.74) is 0. The monoisotopic (exact) mass is 254 g/mol. The van der Waals surface area contributed by atoms with Gasteiger partial charge in [-0.2, -0.15) is 0 Å². The van der Waals surface area contributed by atoms with Crippen molar-refractivity contribution < 1.29 is 9.53 Å². The minimum atomic E-state index is 0.380. The number of carbonyl (C=O) groups excluding carboxylic acids is 1. The zero-order valence-corrected chi connectivity index (χ0v) is 11.7. The van der Waals surface area contributed by atoms with Gasteiger partial charge in [-0.1, -0.05) is 6.92 Å². The van der Waals surface area contributed by atoms with Gasteiger partial charge in [-0.15, -0.1) is 0 Å². The fourth-order valence-electron chi connectivity index (χ4n) is 2.73. The molecule has 2 fully saturated rings. The van der Waals surface area contributed by atoms with Crippen LogP contribution in [0.15, 0.2) is 0 Å². The van der Waals surface area contributed by atoms with Gasteiger partial charge in [-0.3, -0.25) is 4.79 Å². The summed E-state index contributed by atoms with van der Waals surface area (Å²) in [6, 6.07) is 0. The van der Waals surface area contributed by atoms with Gasteiger partial charge in [0.15, 0.2) is 0 Å². The van der Waals surface area contributed by atoms with E-state index in [1.165, 1.54) is 0 Å². The summed E-state index contributed by atoms with van der Waals surface area (Å²) in [5.74, 6) is 0.380. The van der Waals surface area contributed by atoms with E-state index in [-0.39, 0.29) is 0 Å². The van der Waals surface area contributed by atoms with E-state index in [0.29, 0.717) is 24.4 Å². The summed E-state index contributed by atoms with van der Waals surface area (Å²) in [6.45, 7) is 7.23. The van der Waals surface area contributed by atoms with Crippen molar-refractivity contribution in [1.82, 2.24) is 9.80 Å². The summed E-state index contributed by atoms with van der Waals surface area (Å²) < 4.78 is 6.06. The second-order valence-electron chi connectivity index (χ2n) is 5.66. The van der Waals surface area contributed by atoms with E-state index in [4.69, 9.17) is 4.74 Å². The molecule has 0 aromatic rings. The topological polar surface area (TPSA) is 32.8 Å². The van der Waals surface area contributed by atoms with Crippen LogP contribution in [0.2, 0.25) is 0 Å². The Kier molecular flexibility index (Phi) is 5.15. The lowest BCUT2D eigenvalue weighted by molar-refractivity contribution is -0.119. The summed E-state index contributed by atoms with van der Waals surface area (Å²) in [6.07, 6.45) is 4.56. The predicted molar refractivity (Wildman–Crippen MR) is 71.7 cm³/mol. The molecule has 2 saturated heterocycles. The van der Waals surface area contributed by atoms with Crippen molar-refractivity contribution in [2.45, 2.75) is 44.8 Å². The Balaban J connectivity index is 1.58. The number of Topliss-reactive ketones (excluding diaryl/α,β-unsaturated/α-hetero) is 1. The largest absolute Gasteiger partial charge is 0.372 e. The molecular weight excluding hydrogens is 228 g/mol. The quantitative estimate of drug-likeness (QED) is 0.712. The van der Waals surface area contributed by atoms with Crippen molar-refractivity contribution in [2.24, 2.45) is 0 Å². The van der Waals surface area contributed by atoms with E-state index in [1.54, 1.807) is 0 Å². The maximum absolute atomic E-state index is 11.3. The first kappa shape index (κ1) is 14.0. The van der Waals surface area contributed by atoms with Crippen molar-refractivity contribution in [3.05, 3.63) is 0 Å². The Morgan fingerprint density at radius 1 is 1.22 bits per heavy atom. The Hall–Kier alpha value is -0.450. The first-order valence-electron chi connectivity index (χ1n) is 7.25. The summed E-state index contributed by atoms with van der Waals surface area (Å²) in [4.78, 5) is 16.0. The van der Waals surface area contributed by atoms with Gasteiger partial charge in [-0.05, 0) is 19.9 Å². The van der Waals surface area contributed by atoms with Crippen LogP contribution >= 0.6 is 0 Å². The summed E-state index contributed by atoms with van der Waals surface area (Å²) in [5, 5.41) is 0. The average molecular weight is 254 g/mol. The first-order chi connectivity index (χ1) is 8.67. The van der Waals surface area contributed by atoms with E-state index in [2.05, 4.69) is 16.8 Å². The molecule has 0 atom stereocenters.